The lowest BCUT2D eigenvalue weighted by Crippen LogP contribution is -2.30. The summed E-state index contributed by atoms with van der Waals surface area (Å²) in [6, 6.07) is 0. The molecule has 0 heterocycles. The summed E-state index contributed by atoms with van der Waals surface area (Å²) in [7, 11) is -9.79. The minimum atomic E-state index is -4.93. The topological polar surface area (TPSA) is 231 Å². The van der Waals surface area contributed by atoms with Gasteiger partial charge in [-0.1, -0.05) is 264 Å². The number of esters is 3. The van der Waals surface area contributed by atoms with Gasteiger partial charge in [0.05, 0.1) is 26.4 Å². The van der Waals surface area contributed by atoms with Crippen LogP contribution in [0.5, 0.6) is 0 Å². The molecule has 4 N–H and O–H groups in total. The maximum Gasteiger partial charge on any atom is 0.472 e. The van der Waals surface area contributed by atoms with Gasteiger partial charge in [0.25, 0.3) is 0 Å². The molecule has 0 aliphatic heterocycles. The Kier molecular flexibility index (Phi) is 66.9. The number of unbranched alkanes of at least 4 members (excludes halogenated alkanes) is 26. The van der Waals surface area contributed by atoms with Gasteiger partial charge in [-0.15, -0.1) is 0 Å². The number of allylic oxidation sites excluding steroid dienone is 20. The lowest BCUT2D eigenvalue weighted by Gasteiger charge is -2.21. The van der Waals surface area contributed by atoms with E-state index < -0.39 is 91.5 Å². The van der Waals surface area contributed by atoms with E-state index in [9.17, 15) is 43.5 Å². The zero-order valence-electron chi connectivity index (χ0n) is 59.3. The molecule has 16 nitrogen and oxygen atoms in total. The maximum absolute atomic E-state index is 12.9. The highest BCUT2D eigenvalue weighted by Gasteiger charge is 2.29. The molecule has 0 aliphatic rings. The van der Waals surface area contributed by atoms with Crippen LogP contribution < -0.4 is 0 Å². The number of phosphoric ester groups is 2. The Bertz CT molecular complexity index is 2210. The van der Waals surface area contributed by atoms with Gasteiger partial charge in [0.15, 0.2) is 6.10 Å². The van der Waals surface area contributed by atoms with Crippen molar-refractivity contribution in [3.8, 4) is 0 Å². The molecule has 5 unspecified atom stereocenters. The molecule has 0 saturated carbocycles. The molecule has 0 radical (unpaired) electrons. The van der Waals surface area contributed by atoms with Crippen LogP contribution in [0.3, 0.4) is 0 Å². The van der Waals surface area contributed by atoms with Crippen molar-refractivity contribution in [1.82, 2.24) is 0 Å². The SMILES string of the molecule is CC/C=C\C/C=C\C/C=C\C/C=C\C/C=C\CCCCCCCCCCCC(=O)OCC(O)COP(=O)(O)OCC(O)COP(=O)(O)OCC(COC(=O)CCCCCCCC/C=C\C/C=C\C/C=C\C/C=C\CC)OC(=O)CCCCCCC/C=C\CCCCCCCC. The van der Waals surface area contributed by atoms with Crippen molar-refractivity contribution in [3.63, 3.8) is 0 Å². The molecule has 0 saturated heterocycles. The largest absolute Gasteiger partial charge is 0.472 e. The van der Waals surface area contributed by atoms with Gasteiger partial charge in [-0.2, -0.15) is 0 Å². The predicted octanol–water partition coefficient (Wildman–Crippen LogP) is 21.0. The fourth-order valence-electron chi connectivity index (χ4n) is 9.58. The monoisotopic (exact) mass is 1370 g/mol. The van der Waals surface area contributed by atoms with Crippen molar-refractivity contribution < 1.29 is 75.8 Å². The number of phosphoric acid groups is 2. The number of rotatable bonds is 69. The van der Waals surface area contributed by atoms with Gasteiger partial charge in [0.2, 0.25) is 0 Å². The van der Waals surface area contributed by atoms with Crippen LogP contribution >= 0.6 is 15.6 Å². The van der Waals surface area contributed by atoms with Crippen LogP contribution in [0.2, 0.25) is 0 Å². The summed E-state index contributed by atoms with van der Waals surface area (Å²) in [6.45, 7) is 2.42. The number of ether oxygens (including phenoxy) is 3. The number of carbonyl (C=O) groups is 3. The Morgan fingerprint density at radius 3 is 0.895 bits per heavy atom. The van der Waals surface area contributed by atoms with E-state index in [-0.39, 0.29) is 19.3 Å². The molecule has 0 aliphatic carbocycles. The van der Waals surface area contributed by atoms with Crippen molar-refractivity contribution >= 4 is 33.6 Å². The Hall–Kier alpha value is -4.05. The summed E-state index contributed by atoms with van der Waals surface area (Å²) in [4.78, 5) is 58.5. The first-order chi connectivity index (χ1) is 46.2. The zero-order valence-corrected chi connectivity index (χ0v) is 61.1. The van der Waals surface area contributed by atoms with Gasteiger partial charge < -0.3 is 34.2 Å². The first-order valence-electron chi connectivity index (χ1n) is 36.8. The minimum absolute atomic E-state index is 0.0897. The zero-order chi connectivity index (χ0) is 69.5. The highest BCUT2D eigenvalue weighted by atomic mass is 31.2. The predicted molar refractivity (Wildman–Crippen MR) is 390 cm³/mol. The van der Waals surface area contributed by atoms with Gasteiger partial charge in [-0.3, -0.25) is 32.5 Å². The molecule has 0 aromatic heterocycles. The number of hydrogen-bond donors (Lipinski definition) is 4. The van der Waals surface area contributed by atoms with E-state index in [1.54, 1.807) is 0 Å². The summed E-state index contributed by atoms with van der Waals surface area (Å²) in [5, 5.41) is 20.6. The molecule has 0 rings (SSSR count). The Morgan fingerprint density at radius 2 is 0.558 bits per heavy atom. The number of aliphatic hydroxyl groups excluding tert-OH is 2. The van der Waals surface area contributed by atoms with E-state index in [0.29, 0.717) is 19.3 Å². The maximum atomic E-state index is 12.9. The van der Waals surface area contributed by atoms with E-state index in [4.69, 9.17) is 32.3 Å². The molecular weight excluding hydrogens is 1240 g/mol. The second kappa shape index (κ2) is 69.8. The molecule has 0 amide bonds. The van der Waals surface area contributed by atoms with Crippen LogP contribution in [0.25, 0.3) is 0 Å². The lowest BCUT2D eigenvalue weighted by atomic mass is 10.1. The molecule has 95 heavy (non-hydrogen) atoms. The molecule has 18 heteroatoms. The molecule has 0 bridgehead atoms. The van der Waals surface area contributed by atoms with Gasteiger partial charge in [0, 0.05) is 19.3 Å². The highest BCUT2D eigenvalue weighted by molar-refractivity contribution is 7.47. The first kappa shape index (κ1) is 91.0. The standard InChI is InChI=1S/C77H132O16P2/c1-4-7-10-13-16-19-22-25-28-30-32-33-34-35-36-37-39-41-43-45-48-51-54-57-60-63-75(80)87-66-72(78)67-89-94(83,84)90-68-73(79)69-91-95(85,86)92-71-74(93-77(82)65-62-59-56-53-50-47-42-27-24-21-18-15-12-9-6-3)70-88-76(81)64-61-58-55-52-49-46-44-40-38-31-29-26-23-20-17-14-11-8-5-2/h7-8,10-11,16-17,19-20,25-29,32-33,35-36,38,40,42,72-74,78-79H,4-6,9,12-15,18,21-24,30-31,34,37,39,41,43-71H2,1-3H3,(H,83,84)(H,85,86)/b10-7-,11-8-,19-16-,20-17-,28-25-,29-26-,33-32-,36-35-,40-38-,42-27-. The van der Waals surface area contributed by atoms with Crippen LogP contribution in [-0.2, 0) is 55.8 Å². The molecule has 0 fully saturated rings. The van der Waals surface area contributed by atoms with E-state index >= 15 is 0 Å². The van der Waals surface area contributed by atoms with Crippen LogP contribution in [0.15, 0.2) is 122 Å². The summed E-state index contributed by atoms with van der Waals surface area (Å²) in [5.74, 6) is -1.60. The van der Waals surface area contributed by atoms with Gasteiger partial charge in [0.1, 0.15) is 25.4 Å². The average molecular weight is 1380 g/mol. The van der Waals surface area contributed by atoms with Crippen molar-refractivity contribution in [3.05, 3.63) is 122 Å². The van der Waals surface area contributed by atoms with Crippen LogP contribution in [0.4, 0.5) is 0 Å². The molecule has 5 atom stereocenters. The van der Waals surface area contributed by atoms with Crippen molar-refractivity contribution in [2.45, 2.75) is 309 Å². The van der Waals surface area contributed by atoms with Crippen molar-refractivity contribution in [2.24, 2.45) is 0 Å². The van der Waals surface area contributed by atoms with Crippen LogP contribution in [-0.4, -0.2) is 95.9 Å². The summed E-state index contributed by atoms with van der Waals surface area (Å²) in [5.41, 5.74) is 0. The third-order valence-corrected chi connectivity index (χ3v) is 17.1. The Morgan fingerprint density at radius 1 is 0.305 bits per heavy atom. The third-order valence-electron chi connectivity index (χ3n) is 15.2. The van der Waals surface area contributed by atoms with E-state index in [1.165, 1.54) is 64.2 Å². The highest BCUT2D eigenvalue weighted by Crippen LogP contribution is 2.45. The van der Waals surface area contributed by atoms with E-state index in [2.05, 4.69) is 142 Å². The van der Waals surface area contributed by atoms with Crippen molar-refractivity contribution in [2.75, 3.05) is 39.6 Å². The number of aliphatic hydroxyl groups is 2. The second-order valence-electron chi connectivity index (χ2n) is 24.3. The van der Waals surface area contributed by atoms with Crippen LogP contribution in [0, 0.1) is 0 Å². The fraction of sp³-hybridized carbons (Fsp3) is 0.701. The number of hydrogen-bond acceptors (Lipinski definition) is 14. The number of carbonyl (C=O) groups excluding carboxylic acids is 3. The van der Waals surface area contributed by atoms with Gasteiger partial charge in [-0.05, 0) is 128 Å². The fourth-order valence-corrected chi connectivity index (χ4v) is 11.2. The molecule has 0 aromatic rings. The lowest BCUT2D eigenvalue weighted by molar-refractivity contribution is -0.161. The Labute approximate surface area is 576 Å². The van der Waals surface area contributed by atoms with Gasteiger partial charge in [-0.25, -0.2) is 9.13 Å². The molecule has 0 spiro atoms. The minimum Gasteiger partial charge on any atom is -0.463 e. The third kappa shape index (κ3) is 71.1. The molecule has 0 aromatic carbocycles. The smallest absolute Gasteiger partial charge is 0.463 e. The average Bonchev–Trinajstić information content (AvgIpc) is 2.24. The van der Waals surface area contributed by atoms with Gasteiger partial charge >= 0.3 is 33.6 Å². The second-order valence-corrected chi connectivity index (χ2v) is 27.2. The van der Waals surface area contributed by atoms with Crippen molar-refractivity contribution in [1.29, 1.82) is 0 Å². The Balaban J connectivity index is 4.61. The molecule has 546 valence electrons. The van der Waals surface area contributed by atoms with Crippen LogP contribution in [0.1, 0.15) is 290 Å². The summed E-state index contributed by atoms with van der Waals surface area (Å²) >= 11 is 0. The quantitative estimate of drug-likeness (QED) is 0.0146. The normalized spacial score (nSPS) is 14.8. The summed E-state index contributed by atoms with van der Waals surface area (Å²) < 4.78 is 61.0. The van der Waals surface area contributed by atoms with E-state index in [1.807, 2.05) is 0 Å². The summed E-state index contributed by atoms with van der Waals surface area (Å²) in [6.07, 6.45) is 81.0. The first-order valence-corrected chi connectivity index (χ1v) is 39.8. The molecular formula is C77H132O16P2. The van der Waals surface area contributed by atoms with E-state index in [0.717, 1.165) is 167 Å².